The highest BCUT2D eigenvalue weighted by molar-refractivity contribution is 7.99. The highest BCUT2D eigenvalue weighted by Gasteiger charge is 2.27. The normalized spacial score (nSPS) is 18.5. The highest BCUT2D eigenvalue weighted by atomic mass is 32.2. The Balaban J connectivity index is 1.28. The van der Waals surface area contributed by atoms with Gasteiger partial charge in [-0.15, -0.1) is 5.10 Å². The van der Waals surface area contributed by atoms with E-state index < -0.39 is 0 Å². The molecule has 0 radical (unpaired) electrons. The first-order chi connectivity index (χ1) is 14.6. The van der Waals surface area contributed by atoms with Crippen molar-refractivity contribution >= 4 is 17.7 Å². The van der Waals surface area contributed by atoms with Gasteiger partial charge in [0.05, 0.1) is 30.6 Å². The lowest BCUT2D eigenvalue weighted by Gasteiger charge is -2.14. The molecule has 8 heteroatoms. The number of aryl methyl sites for hydroxylation is 2. The van der Waals surface area contributed by atoms with E-state index in [0.717, 1.165) is 31.7 Å². The number of tetrazole rings is 1. The second-order valence-corrected chi connectivity index (χ2v) is 8.79. The van der Waals surface area contributed by atoms with Gasteiger partial charge in [0.2, 0.25) is 11.1 Å². The van der Waals surface area contributed by atoms with Gasteiger partial charge < -0.3 is 10.2 Å². The van der Waals surface area contributed by atoms with Crippen LogP contribution >= 0.6 is 11.8 Å². The van der Waals surface area contributed by atoms with Gasteiger partial charge in [-0.2, -0.15) is 4.68 Å². The Bertz CT molecular complexity index is 1010. The molecule has 4 rings (SSSR count). The number of rotatable bonds is 7. The smallest absolute Gasteiger partial charge is 0.230 e. The van der Waals surface area contributed by atoms with Crippen molar-refractivity contribution < 1.29 is 9.69 Å². The number of nitrogens with zero attached hydrogens (tertiary/aromatic N) is 4. The molecule has 2 aromatic carbocycles. The van der Waals surface area contributed by atoms with Crippen LogP contribution in [0.15, 0.2) is 53.7 Å². The number of thioether (sulfide) groups is 1. The van der Waals surface area contributed by atoms with Crippen molar-refractivity contribution in [2.75, 3.05) is 18.8 Å². The molecule has 156 valence electrons. The third kappa shape index (κ3) is 5.06. The third-order valence-electron chi connectivity index (χ3n) is 5.55. The maximum absolute atomic E-state index is 12.5. The first-order valence-electron chi connectivity index (χ1n) is 10.2. The Labute approximate surface area is 180 Å². The zero-order chi connectivity index (χ0) is 20.9. The molecule has 1 amide bonds. The zero-order valence-corrected chi connectivity index (χ0v) is 18.2. The van der Waals surface area contributed by atoms with Crippen LogP contribution in [-0.4, -0.2) is 51.0 Å². The molecule has 1 aliphatic rings. The van der Waals surface area contributed by atoms with Crippen LogP contribution in [0.3, 0.4) is 0 Å². The lowest BCUT2D eigenvalue weighted by atomic mass is 10.1. The monoisotopic (exact) mass is 423 g/mol. The van der Waals surface area contributed by atoms with Crippen molar-refractivity contribution in [2.24, 2.45) is 0 Å². The predicted octanol–water partition coefficient (Wildman–Crippen LogP) is 1.34. The minimum atomic E-state index is 0.0283. The molecule has 1 aromatic heterocycles. The van der Waals surface area contributed by atoms with E-state index in [1.807, 2.05) is 12.1 Å². The Kier molecular flexibility index (Phi) is 6.44. The van der Waals surface area contributed by atoms with Crippen molar-refractivity contribution in [3.05, 3.63) is 65.2 Å². The minimum absolute atomic E-state index is 0.0283. The number of carbonyl (C=O) groups excluding carboxylic acids is 1. The van der Waals surface area contributed by atoms with E-state index in [9.17, 15) is 4.79 Å². The fourth-order valence-electron chi connectivity index (χ4n) is 3.79. The van der Waals surface area contributed by atoms with Crippen molar-refractivity contribution in [3.63, 3.8) is 0 Å². The molecule has 1 aliphatic heterocycles. The van der Waals surface area contributed by atoms with E-state index in [1.54, 1.807) is 4.68 Å². The van der Waals surface area contributed by atoms with Gasteiger partial charge in [0.25, 0.3) is 0 Å². The average molecular weight is 424 g/mol. The number of nitrogens with one attached hydrogen (secondary N) is 2. The Morgan fingerprint density at radius 1 is 1.20 bits per heavy atom. The van der Waals surface area contributed by atoms with Gasteiger partial charge in [0.1, 0.15) is 6.54 Å². The van der Waals surface area contributed by atoms with Gasteiger partial charge in [-0.3, -0.25) is 4.79 Å². The summed E-state index contributed by atoms with van der Waals surface area (Å²) in [4.78, 5) is 14.0. The fraction of sp³-hybridized carbons (Fsp3) is 0.364. The second-order valence-electron chi connectivity index (χ2n) is 7.85. The zero-order valence-electron chi connectivity index (χ0n) is 17.3. The summed E-state index contributed by atoms with van der Waals surface area (Å²) in [5.74, 6) is 0.330. The van der Waals surface area contributed by atoms with Crippen molar-refractivity contribution in [2.45, 2.75) is 38.0 Å². The molecule has 3 aromatic rings. The molecule has 0 aliphatic carbocycles. The van der Waals surface area contributed by atoms with E-state index in [0.29, 0.717) is 10.9 Å². The molecule has 30 heavy (non-hydrogen) atoms. The number of hydrogen-bond donors (Lipinski definition) is 2. The Hall–Kier alpha value is -2.71. The quantitative estimate of drug-likeness (QED) is 0.561. The lowest BCUT2D eigenvalue weighted by molar-refractivity contribution is -0.901. The number of hydrogen-bond acceptors (Lipinski definition) is 5. The maximum atomic E-state index is 12.5. The van der Waals surface area contributed by atoms with E-state index in [1.165, 1.54) is 33.4 Å². The van der Waals surface area contributed by atoms with Gasteiger partial charge in [-0.1, -0.05) is 48.2 Å². The standard InChI is InChI=1S/C22H26N6OS/c1-16-8-9-20(12-17(16)2)28-22(24-25-26-28)30-15-21(29)23-19-10-11-27(14-19)13-18-6-4-3-5-7-18/h3-9,12,19H,10-11,13-15H2,1-2H3,(H,23,29)/p+1/t19-/m0/s1. The first kappa shape index (κ1) is 20.6. The summed E-state index contributed by atoms with van der Waals surface area (Å²) >= 11 is 1.36. The van der Waals surface area contributed by atoms with Gasteiger partial charge in [0.15, 0.2) is 0 Å². The molecule has 1 fully saturated rings. The van der Waals surface area contributed by atoms with Gasteiger partial charge in [-0.05, 0) is 47.5 Å². The molecule has 2 N–H and O–H groups in total. The van der Waals surface area contributed by atoms with Crippen LogP contribution < -0.4 is 10.2 Å². The van der Waals surface area contributed by atoms with Crippen LogP contribution in [0.2, 0.25) is 0 Å². The molecule has 1 saturated heterocycles. The molecule has 2 heterocycles. The topological polar surface area (TPSA) is 77.1 Å². The molecule has 0 saturated carbocycles. The van der Waals surface area contributed by atoms with E-state index in [4.69, 9.17) is 0 Å². The largest absolute Gasteiger partial charge is 0.347 e. The summed E-state index contributed by atoms with van der Waals surface area (Å²) in [6, 6.07) is 16.8. The SMILES string of the molecule is Cc1ccc(-n2nnnc2SCC(=O)N[C@H]2CC[NH+](Cc3ccccc3)C2)cc1C. The number of carbonyl (C=O) groups is 1. The van der Waals surface area contributed by atoms with Crippen LogP contribution in [-0.2, 0) is 11.3 Å². The second kappa shape index (κ2) is 9.40. The molecular weight excluding hydrogens is 396 g/mol. The minimum Gasteiger partial charge on any atom is -0.347 e. The molecule has 7 nitrogen and oxygen atoms in total. The summed E-state index contributed by atoms with van der Waals surface area (Å²) in [6.07, 6.45) is 1.01. The highest BCUT2D eigenvalue weighted by Crippen LogP contribution is 2.20. The van der Waals surface area contributed by atoms with E-state index >= 15 is 0 Å². The lowest BCUT2D eigenvalue weighted by Crippen LogP contribution is -3.09. The fourth-order valence-corrected chi connectivity index (χ4v) is 4.49. The van der Waals surface area contributed by atoms with E-state index in [2.05, 4.69) is 71.1 Å². The summed E-state index contributed by atoms with van der Waals surface area (Å²) < 4.78 is 1.69. The molecule has 0 bridgehead atoms. The number of benzene rings is 2. The van der Waals surface area contributed by atoms with Gasteiger partial charge >= 0.3 is 0 Å². The third-order valence-corrected chi connectivity index (χ3v) is 6.47. The predicted molar refractivity (Wildman–Crippen MR) is 117 cm³/mol. The van der Waals surface area contributed by atoms with Crippen LogP contribution in [0.4, 0.5) is 0 Å². The molecule has 0 spiro atoms. The summed E-state index contributed by atoms with van der Waals surface area (Å²) in [6.45, 7) is 7.19. The average Bonchev–Trinajstić information content (AvgIpc) is 3.39. The molecular formula is C22H27N6OS+. The Morgan fingerprint density at radius 2 is 2.03 bits per heavy atom. The van der Waals surface area contributed by atoms with Crippen molar-refractivity contribution in [1.82, 2.24) is 25.5 Å². The first-order valence-corrected chi connectivity index (χ1v) is 11.2. The summed E-state index contributed by atoms with van der Waals surface area (Å²) in [5.41, 5.74) is 4.65. The Morgan fingerprint density at radius 3 is 2.83 bits per heavy atom. The number of likely N-dealkylation sites (tertiary alicyclic amines) is 1. The maximum Gasteiger partial charge on any atom is 0.230 e. The van der Waals surface area contributed by atoms with Crippen LogP contribution in [0.25, 0.3) is 5.69 Å². The van der Waals surface area contributed by atoms with E-state index in [-0.39, 0.29) is 11.9 Å². The number of amides is 1. The van der Waals surface area contributed by atoms with Gasteiger partial charge in [0, 0.05) is 12.0 Å². The van der Waals surface area contributed by atoms with Crippen LogP contribution in [0, 0.1) is 13.8 Å². The summed E-state index contributed by atoms with van der Waals surface area (Å²) in [7, 11) is 0. The van der Waals surface area contributed by atoms with Gasteiger partial charge in [-0.25, -0.2) is 0 Å². The molecule has 1 unspecified atom stereocenters. The number of aromatic nitrogens is 4. The van der Waals surface area contributed by atoms with Crippen LogP contribution in [0.5, 0.6) is 0 Å². The van der Waals surface area contributed by atoms with Crippen molar-refractivity contribution in [3.8, 4) is 5.69 Å². The summed E-state index contributed by atoms with van der Waals surface area (Å²) in [5, 5.41) is 15.8. The number of quaternary nitrogens is 1. The van der Waals surface area contributed by atoms with Crippen LogP contribution in [0.1, 0.15) is 23.1 Å². The molecule has 2 atom stereocenters. The van der Waals surface area contributed by atoms with Crippen molar-refractivity contribution in [1.29, 1.82) is 0 Å².